The lowest BCUT2D eigenvalue weighted by molar-refractivity contribution is -0.137. The van der Waals surface area contributed by atoms with Gasteiger partial charge in [-0.3, -0.25) is 14.5 Å². The number of rotatable bonds is 11. The standard InChI is InChI=1S/C30H42N2O4/c1-20(2)30(23-12-7-6-8-13-23)31-26-16-15-24(25(19-36-5)18-29(34)35)17-28(26)32(22(4)33)27-14-10-9-11-21(27)3/h9-11,14-17,20,23,25,30-31H,6-8,12-13,18-19H2,1-5H3,(H,34,35). The molecular formula is C30H42N2O4. The van der Waals surface area contributed by atoms with Gasteiger partial charge in [-0.2, -0.15) is 0 Å². The number of carbonyl (C=O) groups excluding carboxylic acids is 1. The summed E-state index contributed by atoms with van der Waals surface area (Å²) in [6.45, 7) is 8.38. The maximum absolute atomic E-state index is 13.1. The van der Waals surface area contributed by atoms with E-state index in [1.165, 1.54) is 32.1 Å². The molecule has 196 valence electrons. The number of aryl methyl sites for hydroxylation is 1. The number of anilines is 3. The molecule has 2 N–H and O–H groups in total. The first-order valence-electron chi connectivity index (χ1n) is 13.2. The van der Waals surface area contributed by atoms with Crippen LogP contribution in [-0.2, 0) is 14.3 Å². The van der Waals surface area contributed by atoms with Crippen molar-refractivity contribution in [3.05, 3.63) is 53.6 Å². The first kappa shape index (κ1) is 27.7. The van der Waals surface area contributed by atoms with Gasteiger partial charge < -0.3 is 15.2 Å². The lowest BCUT2D eigenvalue weighted by atomic mass is 9.79. The van der Waals surface area contributed by atoms with Crippen molar-refractivity contribution in [2.45, 2.75) is 78.2 Å². The SMILES string of the molecule is COCC(CC(=O)O)c1ccc(NC(C(C)C)C2CCCCC2)c(N(C(C)=O)c2ccccc2C)c1. The van der Waals surface area contributed by atoms with Crippen LogP contribution in [0.1, 0.15) is 76.3 Å². The summed E-state index contributed by atoms with van der Waals surface area (Å²) in [5.74, 6) is -0.266. The highest BCUT2D eigenvalue weighted by Gasteiger charge is 2.29. The van der Waals surface area contributed by atoms with Gasteiger partial charge in [0.05, 0.1) is 30.1 Å². The van der Waals surface area contributed by atoms with E-state index >= 15 is 0 Å². The Kier molecular flexibility index (Phi) is 9.94. The summed E-state index contributed by atoms with van der Waals surface area (Å²) in [7, 11) is 1.58. The van der Waals surface area contributed by atoms with Crippen LogP contribution in [0.15, 0.2) is 42.5 Å². The number of carboxylic acids is 1. The molecule has 1 aliphatic carbocycles. The van der Waals surface area contributed by atoms with E-state index in [-0.39, 0.29) is 24.3 Å². The molecule has 0 radical (unpaired) electrons. The van der Waals surface area contributed by atoms with Crippen LogP contribution in [0.2, 0.25) is 0 Å². The molecule has 1 saturated carbocycles. The fourth-order valence-corrected chi connectivity index (χ4v) is 5.58. The number of hydrogen-bond acceptors (Lipinski definition) is 4. The van der Waals surface area contributed by atoms with Gasteiger partial charge in [-0.05, 0) is 60.9 Å². The molecule has 6 heteroatoms. The van der Waals surface area contributed by atoms with Gasteiger partial charge in [-0.1, -0.05) is 57.4 Å². The Morgan fingerprint density at radius 3 is 2.36 bits per heavy atom. The summed E-state index contributed by atoms with van der Waals surface area (Å²) in [5, 5.41) is 13.3. The van der Waals surface area contributed by atoms with Crippen molar-refractivity contribution in [3.63, 3.8) is 0 Å². The Balaban J connectivity index is 2.13. The maximum Gasteiger partial charge on any atom is 0.304 e. The van der Waals surface area contributed by atoms with Crippen molar-refractivity contribution in [2.75, 3.05) is 23.9 Å². The Labute approximate surface area is 216 Å². The monoisotopic (exact) mass is 494 g/mol. The van der Waals surface area contributed by atoms with Gasteiger partial charge in [0.1, 0.15) is 0 Å². The van der Waals surface area contributed by atoms with Gasteiger partial charge >= 0.3 is 5.97 Å². The van der Waals surface area contributed by atoms with E-state index in [9.17, 15) is 14.7 Å². The molecule has 0 spiro atoms. The predicted molar refractivity (Wildman–Crippen MR) is 146 cm³/mol. The zero-order chi connectivity index (χ0) is 26.2. The number of methoxy groups -OCH3 is 1. The van der Waals surface area contributed by atoms with Crippen LogP contribution in [0.3, 0.4) is 0 Å². The number of nitrogens with zero attached hydrogens (tertiary/aromatic N) is 1. The second kappa shape index (κ2) is 12.9. The van der Waals surface area contributed by atoms with E-state index in [2.05, 4.69) is 19.2 Å². The molecule has 2 unspecified atom stereocenters. The highest BCUT2D eigenvalue weighted by molar-refractivity contribution is 6.03. The molecule has 3 rings (SSSR count). The molecule has 1 amide bonds. The average Bonchev–Trinajstić information content (AvgIpc) is 2.84. The van der Waals surface area contributed by atoms with E-state index in [1.807, 2.05) is 49.4 Å². The molecule has 0 aromatic heterocycles. The van der Waals surface area contributed by atoms with Gasteiger partial charge in [-0.25, -0.2) is 0 Å². The number of carbonyl (C=O) groups is 2. The Bertz CT molecular complexity index is 1030. The Morgan fingerprint density at radius 1 is 1.08 bits per heavy atom. The molecular weight excluding hydrogens is 452 g/mol. The molecule has 0 aliphatic heterocycles. The molecule has 0 bridgehead atoms. The topological polar surface area (TPSA) is 78.9 Å². The smallest absolute Gasteiger partial charge is 0.304 e. The van der Waals surface area contributed by atoms with E-state index in [0.29, 0.717) is 18.4 Å². The average molecular weight is 495 g/mol. The summed E-state index contributed by atoms with van der Waals surface area (Å²) in [5.41, 5.74) is 4.31. The largest absolute Gasteiger partial charge is 0.481 e. The van der Waals surface area contributed by atoms with E-state index in [0.717, 1.165) is 28.2 Å². The Morgan fingerprint density at radius 2 is 1.78 bits per heavy atom. The molecule has 2 aromatic rings. The van der Waals surface area contributed by atoms with Crippen LogP contribution in [-0.4, -0.2) is 36.7 Å². The van der Waals surface area contributed by atoms with Crippen LogP contribution in [0.5, 0.6) is 0 Å². The molecule has 2 aromatic carbocycles. The number of amides is 1. The lowest BCUT2D eigenvalue weighted by Crippen LogP contribution is -2.36. The van der Waals surface area contributed by atoms with E-state index < -0.39 is 5.97 Å². The summed E-state index contributed by atoms with van der Waals surface area (Å²) in [6.07, 6.45) is 6.21. The second-order valence-corrected chi connectivity index (χ2v) is 10.5. The molecule has 0 saturated heterocycles. The summed E-state index contributed by atoms with van der Waals surface area (Å²) < 4.78 is 5.36. The second-order valence-electron chi connectivity index (χ2n) is 10.5. The quantitative estimate of drug-likeness (QED) is 0.355. The van der Waals surface area contributed by atoms with Crippen LogP contribution in [0, 0.1) is 18.8 Å². The molecule has 6 nitrogen and oxygen atoms in total. The van der Waals surface area contributed by atoms with Gasteiger partial charge in [0, 0.05) is 26.0 Å². The highest BCUT2D eigenvalue weighted by atomic mass is 16.5. The third-order valence-corrected chi connectivity index (χ3v) is 7.39. The molecule has 1 aliphatic rings. The zero-order valence-electron chi connectivity index (χ0n) is 22.4. The number of carboxylic acid groups (broad SMARTS) is 1. The number of hydrogen-bond donors (Lipinski definition) is 2. The maximum atomic E-state index is 13.1. The van der Waals surface area contributed by atoms with Gasteiger partial charge in [-0.15, -0.1) is 0 Å². The van der Waals surface area contributed by atoms with Gasteiger partial charge in [0.2, 0.25) is 5.91 Å². The fraction of sp³-hybridized carbons (Fsp3) is 0.533. The number of benzene rings is 2. The first-order valence-corrected chi connectivity index (χ1v) is 13.2. The van der Waals surface area contributed by atoms with Crippen molar-refractivity contribution >= 4 is 28.9 Å². The molecule has 0 heterocycles. The van der Waals surface area contributed by atoms with Crippen LogP contribution in [0.4, 0.5) is 17.1 Å². The molecule has 2 atom stereocenters. The van der Waals surface area contributed by atoms with E-state index in [4.69, 9.17) is 4.74 Å². The summed E-state index contributed by atoms with van der Waals surface area (Å²) in [4.78, 5) is 26.5. The highest BCUT2D eigenvalue weighted by Crippen LogP contribution is 2.39. The fourth-order valence-electron chi connectivity index (χ4n) is 5.58. The lowest BCUT2D eigenvalue weighted by Gasteiger charge is -2.36. The van der Waals surface area contributed by atoms with Crippen molar-refractivity contribution in [1.29, 1.82) is 0 Å². The zero-order valence-corrected chi connectivity index (χ0v) is 22.4. The predicted octanol–water partition coefficient (Wildman–Crippen LogP) is 6.90. The number of aliphatic carboxylic acids is 1. The van der Waals surface area contributed by atoms with Crippen molar-refractivity contribution in [3.8, 4) is 0 Å². The van der Waals surface area contributed by atoms with Crippen molar-refractivity contribution in [2.24, 2.45) is 11.8 Å². The summed E-state index contributed by atoms with van der Waals surface area (Å²) >= 11 is 0. The minimum absolute atomic E-state index is 0.0405. The van der Waals surface area contributed by atoms with Crippen molar-refractivity contribution < 1.29 is 19.4 Å². The van der Waals surface area contributed by atoms with E-state index in [1.54, 1.807) is 18.9 Å². The first-order chi connectivity index (χ1) is 17.2. The number of ether oxygens (including phenoxy) is 1. The normalized spacial score (nSPS) is 15.9. The van der Waals surface area contributed by atoms with Gasteiger partial charge in [0.15, 0.2) is 0 Å². The number of nitrogens with one attached hydrogen (secondary N) is 1. The minimum atomic E-state index is -0.875. The summed E-state index contributed by atoms with van der Waals surface area (Å²) in [6, 6.07) is 14.1. The third-order valence-electron chi connectivity index (χ3n) is 7.39. The molecule has 1 fully saturated rings. The Hall–Kier alpha value is -2.86. The van der Waals surface area contributed by atoms with Crippen LogP contribution in [0.25, 0.3) is 0 Å². The van der Waals surface area contributed by atoms with Crippen molar-refractivity contribution in [1.82, 2.24) is 0 Å². The third kappa shape index (κ3) is 6.88. The van der Waals surface area contributed by atoms with Gasteiger partial charge in [0.25, 0.3) is 0 Å². The molecule has 36 heavy (non-hydrogen) atoms. The minimum Gasteiger partial charge on any atom is -0.481 e. The number of para-hydroxylation sites is 1. The van der Waals surface area contributed by atoms with Crippen LogP contribution < -0.4 is 10.2 Å². The van der Waals surface area contributed by atoms with Crippen LogP contribution >= 0.6 is 0 Å².